The monoisotopic (exact) mass is 542 g/mol. The lowest BCUT2D eigenvalue weighted by molar-refractivity contribution is -0.132. The van der Waals surface area contributed by atoms with Gasteiger partial charge in [0.1, 0.15) is 0 Å². The lowest BCUT2D eigenvalue weighted by atomic mass is 9.79. The number of fused-ring (bicyclic) bond motifs is 1. The van der Waals surface area contributed by atoms with Crippen molar-refractivity contribution in [3.8, 4) is 11.1 Å². The Morgan fingerprint density at radius 3 is 2.24 bits per heavy atom. The highest BCUT2D eigenvalue weighted by Gasteiger charge is 2.39. The average Bonchev–Trinajstić information content (AvgIpc) is 3.35. The van der Waals surface area contributed by atoms with E-state index in [-0.39, 0.29) is 17.2 Å². The van der Waals surface area contributed by atoms with Crippen LogP contribution >= 0.6 is 0 Å². The number of carboxylic acids is 1. The van der Waals surface area contributed by atoms with Crippen molar-refractivity contribution in [3.63, 3.8) is 0 Å². The van der Waals surface area contributed by atoms with Gasteiger partial charge >= 0.3 is 5.97 Å². The number of nitrogens with one attached hydrogen (secondary N) is 1. The van der Waals surface area contributed by atoms with E-state index in [1.54, 1.807) is 35.2 Å². The van der Waals surface area contributed by atoms with Crippen LogP contribution in [0.4, 0.5) is 11.4 Å². The Labute approximate surface area is 239 Å². The zero-order valence-electron chi connectivity index (χ0n) is 22.5. The van der Waals surface area contributed by atoms with Crippen LogP contribution in [-0.4, -0.2) is 29.4 Å². The van der Waals surface area contributed by atoms with Gasteiger partial charge in [-0.1, -0.05) is 72.8 Å². The Hall–Kier alpha value is -4.97. The molecule has 2 N–H and O–H groups in total. The first-order chi connectivity index (χ1) is 19.9. The zero-order valence-corrected chi connectivity index (χ0v) is 22.5. The zero-order chi connectivity index (χ0) is 28.4. The summed E-state index contributed by atoms with van der Waals surface area (Å²) in [5.74, 6) is -1.20. The van der Waals surface area contributed by atoms with E-state index in [2.05, 4.69) is 5.32 Å². The van der Waals surface area contributed by atoms with Gasteiger partial charge in [-0.2, -0.15) is 0 Å². The molecule has 6 heteroatoms. The van der Waals surface area contributed by atoms with Gasteiger partial charge in [-0.15, -0.1) is 0 Å². The summed E-state index contributed by atoms with van der Waals surface area (Å²) in [5.41, 5.74) is 5.61. The maximum atomic E-state index is 13.8. The number of hydrogen-bond donors (Lipinski definition) is 2. The van der Waals surface area contributed by atoms with Crippen LogP contribution in [0, 0.1) is 5.41 Å². The summed E-state index contributed by atoms with van der Waals surface area (Å²) in [6.45, 7) is 0.494. The fourth-order valence-corrected chi connectivity index (χ4v) is 6.06. The minimum absolute atomic E-state index is 0.123. The molecule has 0 saturated carbocycles. The number of amides is 2. The van der Waals surface area contributed by atoms with Crippen molar-refractivity contribution in [3.05, 3.63) is 131 Å². The lowest BCUT2D eigenvalue weighted by Crippen LogP contribution is -2.33. The quantitative estimate of drug-likeness (QED) is 0.285. The average molecular weight is 543 g/mol. The van der Waals surface area contributed by atoms with E-state index >= 15 is 0 Å². The van der Waals surface area contributed by atoms with Crippen LogP contribution in [0.15, 0.2) is 115 Å². The molecular formula is C35H30N2O4. The van der Waals surface area contributed by atoms with Crippen molar-refractivity contribution in [2.75, 3.05) is 16.8 Å². The van der Waals surface area contributed by atoms with E-state index < -0.39 is 5.97 Å². The molecule has 204 valence electrons. The van der Waals surface area contributed by atoms with Gasteiger partial charge in [0.2, 0.25) is 0 Å². The third kappa shape index (κ3) is 5.29. The van der Waals surface area contributed by atoms with Gasteiger partial charge in [-0.25, -0.2) is 4.79 Å². The molecule has 1 spiro atoms. The molecular weight excluding hydrogens is 512 g/mol. The summed E-state index contributed by atoms with van der Waals surface area (Å²) in [6.07, 6.45) is 4.65. The Morgan fingerprint density at radius 2 is 1.49 bits per heavy atom. The third-order valence-corrected chi connectivity index (χ3v) is 8.20. The lowest BCUT2D eigenvalue weighted by Gasteiger charge is -2.26. The van der Waals surface area contributed by atoms with E-state index in [1.807, 2.05) is 78.9 Å². The van der Waals surface area contributed by atoms with Crippen molar-refractivity contribution >= 4 is 29.2 Å². The molecule has 1 heterocycles. The number of aliphatic carboxylic acids is 1. The topological polar surface area (TPSA) is 86.7 Å². The smallest absolute Gasteiger partial charge is 0.331 e. The van der Waals surface area contributed by atoms with E-state index in [4.69, 9.17) is 0 Å². The third-order valence-electron chi connectivity index (χ3n) is 8.20. The molecule has 0 bridgehead atoms. The summed E-state index contributed by atoms with van der Waals surface area (Å²) in [7, 11) is 0. The van der Waals surface area contributed by atoms with Gasteiger partial charge in [0.15, 0.2) is 0 Å². The SMILES string of the molecule is O=C(O)C1=CC2(CC1)CCN(C(=O)c1ccc(NC(=O)c3ccccc3-c3ccccc3)cc1)c1ccccc1C2. The number of carbonyl (C=O) groups excluding carboxylic acids is 2. The highest BCUT2D eigenvalue weighted by molar-refractivity contribution is 6.10. The van der Waals surface area contributed by atoms with Crippen LogP contribution in [-0.2, 0) is 11.2 Å². The summed E-state index contributed by atoms with van der Waals surface area (Å²) >= 11 is 0. The molecule has 2 aliphatic rings. The number of nitrogens with zero attached hydrogens (tertiary/aromatic N) is 1. The normalized spacial score (nSPS) is 17.9. The second-order valence-electron chi connectivity index (χ2n) is 10.8. The van der Waals surface area contributed by atoms with Crippen LogP contribution in [0.5, 0.6) is 0 Å². The van der Waals surface area contributed by atoms with E-state index in [1.165, 1.54) is 0 Å². The first-order valence-electron chi connectivity index (χ1n) is 13.8. The summed E-state index contributed by atoms with van der Waals surface area (Å²) in [5, 5.41) is 12.5. The van der Waals surface area contributed by atoms with Crippen molar-refractivity contribution in [1.29, 1.82) is 0 Å². The number of rotatable bonds is 5. The molecule has 2 amide bonds. The van der Waals surface area contributed by atoms with Gasteiger partial charge in [-0.05, 0) is 84.2 Å². The Balaban J connectivity index is 1.21. The van der Waals surface area contributed by atoms with Crippen LogP contribution in [0.1, 0.15) is 45.5 Å². The predicted octanol–water partition coefficient (Wildman–Crippen LogP) is 6.99. The number of hydrogen-bond acceptors (Lipinski definition) is 3. The Bertz CT molecular complexity index is 1660. The number of allylic oxidation sites excluding steroid dienone is 1. The molecule has 1 aliphatic heterocycles. The number of anilines is 2. The van der Waals surface area contributed by atoms with Crippen molar-refractivity contribution in [2.45, 2.75) is 25.7 Å². The van der Waals surface area contributed by atoms with Gasteiger partial charge in [0, 0.05) is 34.6 Å². The molecule has 41 heavy (non-hydrogen) atoms. The van der Waals surface area contributed by atoms with E-state index in [0.29, 0.717) is 48.2 Å². The Kier molecular flexibility index (Phi) is 6.98. The number of carbonyl (C=O) groups is 3. The maximum Gasteiger partial charge on any atom is 0.331 e. The van der Waals surface area contributed by atoms with Crippen LogP contribution in [0.2, 0.25) is 0 Å². The minimum atomic E-state index is -0.858. The van der Waals surface area contributed by atoms with Crippen molar-refractivity contribution < 1.29 is 19.5 Å². The van der Waals surface area contributed by atoms with Gasteiger partial charge in [0.05, 0.1) is 0 Å². The van der Waals surface area contributed by atoms with E-state index in [0.717, 1.165) is 28.8 Å². The highest BCUT2D eigenvalue weighted by Crippen LogP contribution is 2.46. The standard InChI is InChI=1S/C35H30N2O4/c38-32(30-12-6-5-11-29(30)24-8-2-1-3-9-24)36-28-16-14-25(15-17-28)33(39)37-21-20-35(19-18-27(23-35)34(40)41)22-26-10-4-7-13-31(26)37/h1-17,23H,18-22H2,(H,36,38)(H,40,41). The molecule has 0 radical (unpaired) electrons. The highest BCUT2D eigenvalue weighted by atomic mass is 16.4. The van der Waals surface area contributed by atoms with E-state index in [9.17, 15) is 19.5 Å². The predicted molar refractivity (Wildman–Crippen MR) is 160 cm³/mol. The summed E-state index contributed by atoms with van der Waals surface area (Å²) in [6, 6.07) is 32.1. The first kappa shape index (κ1) is 26.3. The van der Waals surface area contributed by atoms with Gasteiger partial charge < -0.3 is 15.3 Å². The number of benzene rings is 4. The molecule has 1 aliphatic carbocycles. The number of carboxylic acid groups (broad SMARTS) is 1. The molecule has 4 aromatic carbocycles. The second kappa shape index (κ2) is 10.9. The minimum Gasteiger partial charge on any atom is -0.478 e. The fraction of sp³-hybridized carbons (Fsp3) is 0.171. The summed E-state index contributed by atoms with van der Waals surface area (Å²) < 4.78 is 0. The first-order valence-corrected chi connectivity index (χ1v) is 13.8. The Morgan fingerprint density at radius 1 is 0.780 bits per heavy atom. The molecule has 6 nitrogen and oxygen atoms in total. The maximum absolute atomic E-state index is 13.8. The van der Waals surface area contributed by atoms with Crippen molar-refractivity contribution in [1.82, 2.24) is 0 Å². The fourth-order valence-electron chi connectivity index (χ4n) is 6.06. The number of para-hydroxylation sites is 1. The molecule has 4 aromatic rings. The van der Waals surface area contributed by atoms with Gasteiger partial charge in [0.25, 0.3) is 11.8 Å². The van der Waals surface area contributed by atoms with Gasteiger partial charge in [-0.3, -0.25) is 9.59 Å². The molecule has 0 saturated heterocycles. The molecule has 1 unspecified atom stereocenters. The molecule has 6 rings (SSSR count). The van der Waals surface area contributed by atoms with Crippen LogP contribution in [0.25, 0.3) is 11.1 Å². The van der Waals surface area contributed by atoms with Crippen molar-refractivity contribution in [2.24, 2.45) is 5.41 Å². The largest absolute Gasteiger partial charge is 0.478 e. The van der Waals surface area contributed by atoms with Crippen LogP contribution < -0.4 is 10.2 Å². The second-order valence-corrected chi connectivity index (χ2v) is 10.8. The molecule has 1 atom stereocenters. The summed E-state index contributed by atoms with van der Waals surface area (Å²) in [4.78, 5) is 40.4. The molecule has 0 aromatic heterocycles. The molecule has 0 fully saturated rings. The van der Waals surface area contributed by atoms with Crippen LogP contribution in [0.3, 0.4) is 0 Å².